The Labute approximate surface area is 192 Å². The zero-order valence-electron chi connectivity index (χ0n) is 18.2. The van der Waals surface area contributed by atoms with E-state index in [4.69, 9.17) is 8.83 Å². The van der Waals surface area contributed by atoms with Crippen LogP contribution in [0.4, 0.5) is 8.78 Å². The summed E-state index contributed by atoms with van der Waals surface area (Å²) < 4.78 is 35.8. The van der Waals surface area contributed by atoms with Crippen molar-refractivity contribution >= 4 is 11.8 Å². The Kier molecular flexibility index (Phi) is 5.07. The normalized spacial score (nSPS) is 15.1. The summed E-state index contributed by atoms with van der Waals surface area (Å²) in [6.45, 7) is 3.47. The number of fused-ring (bicyclic) bond motifs is 1. The maximum absolute atomic E-state index is 13.5. The predicted molar refractivity (Wildman–Crippen MR) is 115 cm³/mol. The van der Waals surface area contributed by atoms with Crippen molar-refractivity contribution < 1.29 is 27.2 Å². The molecule has 2 amide bonds. The van der Waals surface area contributed by atoms with Gasteiger partial charge < -0.3 is 8.83 Å². The van der Waals surface area contributed by atoms with Crippen molar-refractivity contribution in [2.24, 2.45) is 0 Å². The molecule has 5 rings (SSSR count). The van der Waals surface area contributed by atoms with Gasteiger partial charge in [0.05, 0.1) is 35.0 Å². The van der Waals surface area contributed by atoms with Gasteiger partial charge in [-0.25, -0.2) is 0 Å². The van der Waals surface area contributed by atoms with Crippen LogP contribution in [0.3, 0.4) is 0 Å². The number of carbonyl (C=O) groups is 2. The molecule has 4 heterocycles. The van der Waals surface area contributed by atoms with Crippen LogP contribution in [0.25, 0.3) is 22.8 Å². The Balaban J connectivity index is 1.47. The molecule has 0 saturated heterocycles. The fraction of sp³-hybridized carbons (Fsp3) is 0.208. The first-order chi connectivity index (χ1) is 16.3. The van der Waals surface area contributed by atoms with Crippen molar-refractivity contribution in [1.82, 2.24) is 20.1 Å². The second-order valence-electron chi connectivity index (χ2n) is 8.31. The number of carbonyl (C=O) groups excluding carboxylic acids is 2. The Bertz CT molecular complexity index is 1380. The van der Waals surface area contributed by atoms with E-state index < -0.39 is 23.6 Å². The van der Waals surface area contributed by atoms with Gasteiger partial charge in [0.1, 0.15) is 5.76 Å². The summed E-state index contributed by atoms with van der Waals surface area (Å²) in [6, 6.07) is 12.0. The van der Waals surface area contributed by atoms with Crippen LogP contribution in [0.1, 0.15) is 47.8 Å². The number of alkyl halides is 2. The Morgan fingerprint density at radius 3 is 2.53 bits per heavy atom. The number of halogens is 2. The molecule has 1 aliphatic rings. The van der Waals surface area contributed by atoms with Crippen LogP contribution in [0.15, 0.2) is 63.8 Å². The lowest BCUT2D eigenvalue weighted by Crippen LogP contribution is -2.51. The predicted octanol–water partition coefficient (Wildman–Crippen LogP) is 4.79. The molecule has 0 fully saturated rings. The quantitative estimate of drug-likeness (QED) is 0.391. The van der Waals surface area contributed by atoms with E-state index in [1.54, 1.807) is 56.3 Å². The molecule has 8 nitrogen and oxygen atoms in total. The molecule has 0 N–H and O–H groups in total. The van der Waals surface area contributed by atoms with Gasteiger partial charge in [0.25, 0.3) is 11.8 Å². The monoisotopic (exact) mass is 464 g/mol. The maximum Gasteiger partial charge on any atom is 0.314 e. The summed E-state index contributed by atoms with van der Waals surface area (Å²) >= 11 is 0. The van der Waals surface area contributed by atoms with Crippen LogP contribution in [-0.2, 0) is 16.8 Å². The highest BCUT2D eigenvalue weighted by molar-refractivity contribution is 6.15. The van der Waals surface area contributed by atoms with Crippen LogP contribution in [0.5, 0.6) is 0 Å². The summed E-state index contributed by atoms with van der Waals surface area (Å²) in [7, 11) is 0. The molecule has 10 heteroatoms. The van der Waals surface area contributed by atoms with Gasteiger partial charge in [-0.2, -0.15) is 8.78 Å². The van der Waals surface area contributed by atoms with Crippen LogP contribution in [0.2, 0.25) is 0 Å². The van der Waals surface area contributed by atoms with Crippen LogP contribution in [-0.4, -0.2) is 31.9 Å². The highest BCUT2D eigenvalue weighted by atomic mass is 19.3. The number of hydrogen-bond donors (Lipinski definition) is 0. The SMILES string of the molecule is CC1(C)C(=O)N(Cc2ccc(-c3nnc(C(F)F)o3)cn2)C(=O)c2c(-c3ccco3)cccc21. The molecule has 0 atom stereocenters. The molecule has 0 unspecified atom stereocenters. The van der Waals surface area contributed by atoms with Gasteiger partial charge in [-0.3, -0.25) is 19.5 Å². The van der Waals surface area contributed by atoms with Gasteiger partial charge in [0.15, 0.2) is 0 Å². The van der Waals surface area contributed by atoms with Crippen LogP contribution >= 0.6 is 0 Å². The number of nitrogens with zero attached hydrogens (tertiary/aromatic N) is 4. The Morgan fingerprint density at radius 2 is 1.88 bits per heavy atom. The fourth-order valence-electron chi connectivity index (χ4n) is 4.01. The zero-order chi connectivity index (χ0) is 24.0. The van der Waals surface area contributed by atoms with Crippen molar-refractivity contribution in [1.29, 1.82) is 0 Å². The van der Waals surface area contributed by atoms with Crippen molar-refractivity contribution in [3.8, 4) is 22.8 Å². The van der Waals surface area contributed by atoms with E-state index >= 15 is 0 Å². The van der Waals surface area contributed by atoms with Gasteiger partial charge in [-0.15, -0.1) is 10.2 Å². The number of benzene rings is 1. The number of imide groups is 1. The van der Waals surface area contributed by atoms with Crippen LogP contribution < -0.4 is 0 Å². The number of rotatable bonds is 5. The number of pyridine rings is 1. The third kappa shape index (κ3) is 3.47. The number of amides is 2. The summed E-state index contributed by atoms with van der Waals surface area (Å²) in [5.41, 5.74) is 1.44. The molecule has 1 aliphatic heterocycles. The molecule has 172 valence electrons. The average Bonchev–Trinajstić information content (AvgIpc) is 3.53. The first-order valence-corrected chi connectivity index (χ1v) is 10.4. The first kappa shape index (κ1) is 21.6. The van der Waals surface area contributed by atoms with E-state index in [1.807, 2.05) is 0 Å². The molecule has 3 aromatic heterocycles. The molecule has 0 radical (unpaired) electrons. The van der Waals surface area contributed by atoms with Crippen molar-refractivity contribution in [3.05, 3.63) is 77.6 Å². The van der Waals surface area contributed by atoms with Crippen molar-refractivity contribution in [2.75, 3.05) is 0 Å². The van der Waals surface area contributed by atoms with Gasteiger partial charge in [-0.1, -0.05) is 18.2 Å². The van der Waals surface area contributed by atoms with Crippen molar-refractivity contribution in [3.63, 3.8) is 0 Å². The lowest BCUT2D eigenvalue weighted by Gasteiger charge is -2.38. The van der Waals surface area contributed by atoms with E-state index in [-0.39, 0.29) is 18.3 Å². The molecule has 0 saturated carbocycles. The minimum absolute atomic E-state index is 0.0700. The lowest BCUT2D eigenvalue weighted by atomic mass is 9.75. The zero-order valence-corrected chi connectivity index (χ0v) is 18.2. The van der Waals surface area contributed by atoms with E-state index in [0.29, 0.717) is 33.7 Å². The summed E-state index contributed by atoms with van der Waals surface area (Å²) in [6.07, 6.45) is 0.0153. The van der Waals surface area contributed by atoms with Gasteiger partial charge in [0, 0.05) is 11.8 Å². The van der Waals surface area contributed by atoms with E-state index in [2.05, 4.69) is 15.2 Å². The molecule has 0 bridgehead atoms. The molecule has 4 aromatic rings. The van der Waals surface area contributed by atoms with Crippen LogP contribution in [0, 0.1) is 0 Å². The second-order valence-corrected chi connectivity index (χ2v) is 8.31. The summed E-state index contributed by atoms with van der Waals surface area (Å²) in [5, 5.41) is 6.89. The standard InChI is InChI=1S/C24H18F2N4O4/c1-24(2)16-6-3-5-15(17-7-4-10-33-17)18(16)22(31)30(23(24)32)12-14-9-8-13(11-27-14)20-28-29-21(34-20)19(25)26/h3-11,19H,12H2,1-2H3. The summed E-state index contributed by atoms with van der Waals surface area (Å²) in [4.78, 5) is 32.3. The minimum atomic E-state index is -2.87. The topological polar surface area (TPSA) is 102 Å². The molecule has 0 spiro atoms. The molecular weight excluding hydrogens is 446 g/mol. The van der Waals surface area contributed by atoms with E-state index in [9.17, 15) is 18.4 Å². The maximum atomic E-state index is 13.5. The number of hydrogen-bond acceptors (Lipinski definition) is 7. The van der Waals surface area contributed by atoms with Crippen molar-refractivity contribution in [2.45, 2.75) is 32.2 Å². The Morgan fingerprint density at radius 1 is 1.06 bits per heavy atom. The molecular formula is C24H18F2N4O4. The molecule has 0 aliphatic carbocycles. The molecule has 1 aromatic carbocycles. The molecule has 34 heavy (non-hydrogen) atoms. The van der Waals surface area contributed by atoms with E-state index in [1.165, 1.54) is 17.4 Å². The highest BCUT2D eigenvalue weighted by Crippen LogP contribution is 2.40. The Hall–Kier alpha value is -4.21. The average molecular weight is 464 g/mol. The smallest absolute Gasteiger partial charge is 0.314 e. The number of aromatic nitrogens is 3. The fourth-order valence-corrected chi connectivity index (χ4v) is 4.01. The van der Waals surface area contributed by atoms with Gasteiger partial charge >= 0.3 is 6.43 Å². The first-order valence-electron chi connectivity index (χ1n) is 10.4. The largest absolute Gasteiger partial charge is 0.464 e. The van der Waals surface area contributed by atoms with Gasteiger partial charge in [-0.05, 0) is 43.7 Å². The third-order valence-corrected chi connectivity index (χ3v) is 5.78. The summed E-state index contributed by atoms with van der Waals surface area (Å²) in [5.74, 6) is -1.16. The van der Waals surface area contributed by atoms with Gasteiger partial charge in [0.2, 0.25) is 11.8 Å². The highest BCUT2D eigenvalue weighted by Gasteiger charge is 2.45. The third-order valence-electron chi connectivity index (χ3n) is 5.78. The van der Waals surface area contributed by atoms with E-state index in [0.717, 1.165) is 0 Å². The minimum Gasteiger partial charge on any atom is -0.464 e. The lowest BCUT2D eigenvalue weighted by molar-refractivity contribution is -0.134. The number of furan rings is 1. The second kappa shape index (κ2) is 7.98.